The number of piperidine rings is 1. The van der Waals surface area contributed by atoms with Crippen molar-refractivity contribution < 1.29 is 17.9 Å². The molecule has 1 saturated heterocycles. The number of carbonyl (C=O) groups is 1. The maximum Gasteiger partial charge on any atom is 0.344 e. The number of likely N-dealkylation sites (tertiary alicyclic amines) is 1. The minimum Gasteiger partial charge on any atom is -0.491 e. The van der Waals surface area contributed by atoms with Crippen molar-refractivity contribution in [3.63, 3.8) is 0 Å². The van der Waals surface area contributed by atoms with Crippen LogP contribution >= 0.6 is 0 Å². The van der Waals surface area contributed by atoms with E-state index in [0.29, 0.717) is 29.2 Å². The number of nitrogens with one attached hydrogen (secondary N) is 1. The summed E-state index contributed by atoms with van der Waals surface area (Å²) >= 11 is 0. The van der Waals surface area contributed by atoms with Crippen molar-refractivity contribution >= 4 is 27.6 Å². The maximum absolute atomic E-state index is 12.8. The number of hydrogen-bond acceptors (Lipinski definition) is 7. The molecule has 1 amide bonds. The lowest BCUT2D eigenvalue weighted by molar-refractivity contribution is 0.0522. The fourth-order valence-electron chi connectivity index (χ4n) is 3.53. The van der Waals surface area contributed by atoms with Gasteiger partial charge >= 0.3 is 10.2 Å². The molecule has 0 saturated carbocycles. The van der Waals surface area contributed by atoms with E-state index < -0.39 is 10.2 Å². The normalized spacial score (nSPS) is 20.2. The molecule has 0 radical (unpaired) electrons. The molecule has 1 fully saturated rings. The molecule has 1 aromatic carbocycles. The number of nitrogens with two attached hydrogens (primary N) is 1. The summed E-state index contributed by atoms with van der Waals surface area (Å²) < 4.78 is 35.2. The van der Waals surface area contributed by atoms with Gasteiger partial charge in [-0.15, -0.1) is 4.40 Å². The summed E-state index contributed by atoms with van der Waals surface area (Å²) in [6.07, 6.45) is 5.58. The van der Waals surface area contributed by atoms with Crippen LogP contribution in [0.1, 0.15) is 35.3 Å². The molecule has 11 heteroatoms. The monoisotopic (exact) mass is 416 g/mol. The van der Waals surface area contributed by atoms with Crippen molar-refractivity contribution in [2.75, 3.05) is 17.9 Å². The molecular formula is C18H20N6O4S. The average Bonchev–Trinajstić information content (AvgIpc) is 2.71. The molecule has 0 aliphatic carbocycles. The van der Waals surface area contributed by atoms with Crippen LogP contribution < -0.4 is 15.2 Å². The Balaban J connectivity index is 1.53. The number of rotatable bonds is 4. The van der Waals surface area contributed by atoms with E-state index >= 15 is 0 Å². The zero-order chi connectivity index (χ0) is 20.4. The first-order valence-electron chi connectivity index (χ1n) is 9.16. The molecule has 0 spiro atoms. The molecule has 0 bridgehead atoms. The SMILES string of the molecule is NC1=NS(=O)(=O)Nc2cccc(OCC3CCCCN3C(=O)c3ccncn3)c21. The van der Waals surface area contributed by atoms with Crippen LogP contribution in [0, 0.1) is 0 Å². The molecule has 3 N–H and O–H groups in total. The minimum absolute atomic E-state index is 0.132. The lowest BCUT2D eigenvalue weighted by atomic mass is 10.0. The Bertz CT molecular complexity index is 1060. The molecule has 1 unspecified atom stereocenters. The van der Waals surface area contributed by atoms with Crippen molar-refractivity contribution in [1.82, 2.24) is 14.9 Å². The molecule has 29 heavy (non-hydrogen) atoms. The topological polar surface area (TPSA) is 140 Å². The Morgan fingerprint density at radius 3 is 2.97 bits per heavy atom. The van der Waals surface area contributed by atoms with Crippen LogP contribution in [-0.2, 0) is 10.2 Å². The van der Waals surface area contributed by atoms with Crippen LogP contribution in [0.3, 0.4) is 0 Å². The second-order valence-corrected chi connectivity index (χ2v) is 8.12. The van der Waals surface area contributed by atoms with Crippen molar-refractivity contribution in [1.29, 1.82) is 0 Å². The van der Waals surface area contributed by atoms with E-state index in [1.165, 1.54) is 12.5 Å². The van der Waals surface area contributed by atoms with Gasteiger partial charge < -0.3 is 15.4 Å². The fourth-order valence-corrected chi connectivity index (χ4v) is 4.37. The summed E-state index contributed by atoms with van der Waals surface area (Å²) in [5.74, 6) is 0.114. The third kappa shape index (κ3) is 3.99. The Morgan fingerprint density at radius 1 is 1.31 bits per heavy atom. The molecule has 2 aromatic rings. The molecule has 152 valence electrons. The van der Waals surface area contributed by atoms with Crippen molar-refractivity contribution in [2.45, 2.75) is 25.3 Å². The first-order chi connectivity index (χ1) is 13.9. The van der Waals surface area contributed by atoms with Crippen molar-refractivity contribution in [2.24, 2.45) is 10.1 Å². The molecule has 10 nitrogen and oxygen atoms in total. The number of hydrogen-bond donors (Lipinski definition) is 2. The van der Waals surface area contributed by atoms with Crippen LogP contribution in [0.2, 0.25) is 0 Å². The van der Waals surface area contributed by atoms with E-state index in [-0.39, 0.29) is 24.4 Å². The Hall–Kier alpha value is -3.21. The number of anilines is 1. The number of aromatic nitrogens is 2. The second-order valence-electron chi connectivity index (χ2n) is 6.79. The van der Waals surface area contributed by atoms with E-state index in [2.05, 4.69) is 19.1 Å². The number of amidine groups is 1. The predicted octanol–water partition coefficient (Wildman–Crippen LogP) is 0.926. The van der Waals surface area contributed by atoms with Crippen molar-refractivity contribution in [3.8, 4) is 5.75 Å². The van der Waals surface area contributed by atoms with Crippen LogP contribution in [-0.4, -0.2) is 54.2 Å². The van der Waals surface area contributed by atoms with Gasteiger partial charge in [0.15, 0.2) is 5.84 Å². The Labute approximate surface area is 168 Å². The van der Waals surface area contributed by atoms with Gasteiger partial charge in [-0.3, -0.25) is 9.52 Å². The van der Waals surface area contributed by atoms with Gasteiger partial charge in [0.05, 0.1) is 17.3 Å². The number of carbonyl (C=O) groups excluding carboxylic acids is 1. The Morgan fingerprint density at radius 2 is 2.17 bits per heavy atom. The van der Waals surface area contributed by atoms with Crippen LogP contribution in [0.4, 0.5) is 5.69 Å². The van der Waals surface area contributed by atoms with Crippen molar-refractivity contribution in [3.05, 3.63) is 48.0 Å². The van der Waals surface area contributed by atoms with Gasteiger partial charge in [-0.05, 0) is 37.5 Å². The lowest BCUT2D eigenvalue weighted by Crippen LogP contribution is -2.47. The number of amides is 1. The highest BCUT2D eigenvalue weighted by Gasteiger charge is 2.30. The smallest absolute Gasteiger partial charge is 0.344 e. The zero-order valence-electron chi connectivity index (χ0n) is 15.5. The van der Waals surface area contributed by atoms with Gasteiger partial charge in [0.1, 0.15) is 24.4 Å². The van der Waals surface area contributed by atoms with E-state index in [1.54, 1.807) is 29.2 Å². The lowest BCUT2D eigenvalue weighted by Gasteiger charge is -2.35. The van der Waals surface area contributed by atoms with Gasteiger partial charge in [-0.2, -0.15) is 8.42 Å². The van der Waals surface area contributed by atoms with Gasteiger partial charge in [0.25, 0.3) is 5.91 Å². The van der Waals surface area contributed by atoms with Crippen LogP contribution in [0.5, 0.6) is 5.75 Å². The molecule has 2 aliphatic rings. The quantitative estimate of drug-likeness (QED) is 0.755. The summed E-state index contributed by atoms with van der Waals surface area (Å²) in [7, 11) is -3.86. The van der Waals surface area contributed by atoms with E-state index in [1.807, 2.05) is 0 Å². The highest BCUT2D eigenvalue weighted by atomic mass is 32.2. The first-order valence-corrected chi connectivity index (χ1v) is 10.6. The van der Waals surface area contributed by atoms with Crippen LogP contribution in [0.25, 0.3) is 0 Å². The standard InChI is InChI=1S/C18H20N6O4S/c19-17-16-13(22-29(26,27)23-17)5-3-6-15(16)28-10-12-4-1-2-9-24(12)18(25)14-7-8-20-11-21-14/h3,5-8,11-12,22H,1-2,4,9-10H2,(H2,19,23). The predicted molar refractivity (Wildman–Crippen MR) is 106 cm³/mol. The van der Waals surface area contributed by atoms with Gasteiger partial charge in [0.2, 0.25) is 0 Å². The summed E-state index contributed by atoms with van der Waals surface area (Å²) in [5.41, 5.74) is 6.91. The molecule has 3 heterocycles. The van der Waals surface area contributed by atoms with E-state index in [0.717, 1.165) is 19.3 Å². The largest absolute Gasteiger partial charge is 0.491 e. The van der Waals surface area contributed by atoms with E-state index in [9.17, 15) is 13.2 Å². The van der Waals surface area contributed by atoms with Crippen LogP contribution in [0.15, 0.2) is 41.2 Å². The van der Waals surface area contributed by atoms with Gasteiger partial charge in [0, 0.05) is 12.7 Å². The van der Waals surface area contributed by atoms with Gasteiger partial charge in [-0.1, -0.05) is 6.07 Å². The number of nitrogens with zero attached hydrogens (tertiary/aromatic N) is 4. The number of benzene rings is 1. The summed E-state index contributed by atoms with van der Waals surface area (Å²) in [5, 5.41) is 0. The number of ether oxygens (including phenoxy) is 1. The molecular weight excluding hydrogens is 396 g/mol. The minimum atomic E-state index is -3.86. The summed E-state index contributed by atoms with van der Waals surface area (Å²) in [6.45, 7) is 0.862. The number of fused-ring (bicyclic) bond motifs is 1. The Kier molecular flexibility index (Phi) is 5.05. The van der Waals surface area contributed by atoms with E-state index in [4.69, 9.17) is 10.5 Å². The summed E-state index contributed by atoms with van der Waals surface area (Å²) in [6, 6.07) is 6.40. The molecule has 1 aromatic heterocycles. The zero-order valence-corrected chi connectivity index (χ0v) is 16.3. The molecule has 1 atom stereocenters. The maximum atomic E-state index is 12.8. The highest BCUT2D eigenvalue weighted by Crippen LogP contribution is 2.31. The third-order valence-electron chi connectivity index (χ3n) is 4.86. The molecule has 2 aliphatic heterocycles. The average molecular weight is 416 g/mol. The highest BCUT2D eigenvalue weighted by molar-refractivity contribution is 7.91. The second kappa shape index (κ2) is 7.66. The summed E-state index contributed by atoms with van der Waals surface area (Å²) in [4.78, 5) is 22.5. The third-order valence-corrected chi connectivity index (χ3v) is 5.78. The fraction of sp³-hybridized carbons (Fsp3) is 0.333. The molecule has 4 rings (SSSR count). The van der Waals surface area contributed by atoms with Gasteiger partial charge in [-0.25, -0.2) is 9.97 Å². The first kappa shape index (κ1) is 19.1.